The molecule has 0 amide bonds. The summed E-state index contributed by atoms with van der Waals surface area (Å²) in [5.41, 5.74) is 3.39. The second-order valence-corrected chi connectivity index (χ2v) is 5.16. The van der Waals surface area contributed by atoms with E-state index in [4.69, 9.17) is 0 Å². The van der Waals surface area contributed by atoms with Gasteiger partial charge < -0.3 is 5.32 Å². The van der Waals surface area contributed by atoms with Crippen LogP contribution >= 0.6 is 0 Å². The number of aromatic nitrogens is 4. The molecular weight excluding hydrogens is 238 g/mol. The Labute approximate surface area is 114 Å². The van der Waals surface area contributed by atoms with Crippen LogP contribution in [0.4, 0.5) is 5.69 Å². The zero-order chi connectivity index (χ0) is 13.8. The Balaban J connectivity index is 1.97. The average molecular weight is 261 g/mol. The largest absolute Gasteiger partial charge is 0.378 e. The number of anilines is 1. The molecule has 0 aliphatic heterocycles. The highest BCUT2D eigenvalue weighted by molar-refractivity contribution is 5.39. The number of aryl methyl sites for hydroxylation is 2. The van der Waals surface area contributed by atoms with E-state index in [9.17, 15) is 0 Å². The van der Waals surface area contributed by atoms with Gasteiger partial charge in [-0.2, -0.15) is 10.2 Å². The van der Waals surface area contributed by atoms with Gasteiger partial charge in [0.1, 0.15) is 0 Å². The lowest BCUT2D eigenvalue weighted by atomic mass is 10.2. The zero-order valence-electron chi connectivity index (χ0n) is 12.2. The molecule has 0 saturated heterocycles. The van der Waals surface area contributed by atoms with Crippen LogP contribution < -0.4 is 5.32 Å². The van der Waals surface area contributed by atoms with Crippen LogP contribution in [0, 0.1) is 6.92 Å². The van der Waals surface area contributed by atoms with Crippen molar-refractivity contribution < 1.29 is 0 Å². The van der Waals surface area contributed by atoms with E-state index in [-0.39, 0.29) is 0 Å². The molecule has 0 aliphatic carbocycles. The van der Waals surface area contributed by atoms with Crippen LogP contribution in [0.5, 0.6) is 0 Å². The number of hydrogen-bond donors (Lipinski definition) is 1. The normalized spacial score (nSPS) is 11.2. The molecule has 2 aromatic heterocycles. The molecule has 5 heteroatoms. The van der Waals surface area contributed by atoms with Gasteiger partial charge >= 0.3 is 0 Å². The first-order valence-electron chi connectivity index (χ1n) is 6.91. The molecule has 0 unspecified atom stereocenters. The van der Waals surface area contributed by atoms with Gasteiger partial charge in [0.15, 0.2) is 0 Å². The Morgan fingerprint density at radius 3 is 2.74 bits per heavy atom. The van der Waals surface area contributed by atoms with Crippen LogP contribution in [0.25, 0.3) is 0 Å². The summed E-state index contributed by atoms with van der Waals surface area (Å²) in [6.07, 6.45) is 7.14. The van der Waals surface area contributed by atoms with E-state index < -0.39 is 0 Å². The van der Waals surface area contributed by atoms with Gasteiger partial charge in [0.2, 0.25) is 0 Å². The van der Waals surface area contributed by atoms with Crippen LogP contribution in [-0.4, -0.2) is 19.6 Å². The maximum absolute atomic E-state index is 4.50. The third kappa shape index (κ3) is 3.36. The first kappa shape index (κ1) is 13.6. The van der Waals surface area contributed by atoms with E-state index in [1.165, 1.54) is 5.56 Å². The van der Waals surface area contributed by atoms with Crippen molar-refractivity contribution in [1.29, 1.82) is 0 Å². The summed E-state index contributed by atoms with van der Waals surface area (Å²) in [5.74, 6) is 0. The Kier molecular flexibility index (Phi) is 4.24. The van der Waals surface area contributed by atoms with E-state index in [0.29, 0.717) is 6.04 Å². The molecule has 0 radical (unpaired) electrons. The molecule has 2 aromatic rings. The van der Waals surface area contributed by atoms with Gasteiger partial charge in [-0.15, -0.1) is 0 Å². The highest BCUT2D eigenvalue weighted by atomic mass is 15.3. The first-order chi connectivity index (χ1) is 9.10. The molecule has 104 valence electrons. The summed E-state index contributed by atoms with van der Waals surface area (Å²) in [6.45, 7) is 10.2. The van der Waals surface area contributed by atoms with Crippen LogP contribution in [0.15, 0.2) is 18.6 Å². The van der Waals surface area contributed by atoms with Gasteiger partial charge in [0.25, 0.3) is 0 Å². The third-order valence-electron chi connectivity index (χ3n) is 3.11. The molecule has 0 saturated carbocycles. The molecule has 0 spiro atoms. The topological polar surface area (TPSA) is 47.7 Å². The predicted molar refractivity (Wildman–Crippen MR) is 77.2 cm³/mol. The number of rotatable bonds is 6. The first-order valence-corrected chi connectivity index (χ1v) is 6.91. The second-order valence-electron chi connectivity index (χ2n) is 5.16. The molecule has 2 rings (SSSR count). The van der Waals surface area contributed by atoms with Crippen molar-refractivity contribution in [3.63, 3.8) is 0 Å². The molecule has 0 bridgehead atoms. The van der Waals surface area contributed by atoms with Gasteiger partial charge in [-0.1, -0.05) is 6.92 Å². The van der Waals surface area contributed by atoms with Crippen molar-refractivity contribution in [3.8, 4) is 0 Å². The fourth-order valence-corrected chi connectivity index (χ4v) is 1.99. The fraction of sp³-hybridized carbons (Fsp3) is 0.571. The smallest absolute Gasteiger partial charge is 0.0729 e. The summed E-state index contributed by atoms with van der Waals surface area (Å²) in [5, 5.41) is 12.2. The number of nitrogens with one attached hydrogen (secondary N) is 1. The summed E-state index contributed by atoms with van der Waals surface area (Å²) >= 11 is 0. The SMILES string of the molecule is CCCn1cc(CNc2cnn(C(C)C)c2)c(C)n1. The maximum Gasteiger partial charge on any atom is 0.0729 e. The minimum atomic E-state index is 0.393. The fourth-order valence-electron chi connectivity index (χ4n) is 1.99. The molecule has 2 heterocycles. The van der Waals surface area contributed by atoms with Gasteiger partial charge in [0, 0.05) is 37.1 Å². The number of hydrogen-bond acceptors (Lipinski definition) is 3. The zero-order valence-corrected chi connectivity index (χ0v) is 12.2. The molecule has 5 nitrogen and oxygen atoms in total. The lowest BCUT2D eigenvalue weighted by molar-refractivity contribution is 0.532. The molecule has 0 aromatic carbocycles. The molecule has 0 atom stereocenters. The Bertz CT molecular complexity index is 524. The Morgan fingerprint density at radius 2 is 2.11 bits per heavy atom. The maximum atomic E-state index is 4.50. The molecule has 0 fully saturated rings. The van der Waals surface area contributed by atoms with E-state index in [1.54, 1.807) is 0 Å². The van der Waals surface area contributed by atoms with Crippen LogP contribution in [-0.2, 0) is 13.1 Å². The monoisotopic (exact) mass is 261 g/mol. The second kappa shape index (κ2) is 5.91. The van der Waals surface area contributed by atoms with Gasteiger partial charge in [0.05, 0.1) is 17.6 Å². The third-order valence-corrected chi connectivity index (χ3v) is 3.11. The minimum absolute atomic E-state index is 0.393. The standard InChI is InChI=1S/C14H23N5/c1-5-6-18-9-13(12(4)17-18)7-15-14-8-16-19(10-14)11(2)3/h8-11,15H,5-7H2,1-4H3. The lowest BCUT2D eigenvalue weighted by Gasteiger charge is -2.04. The van der Waals surface area contributed by atoms with E-state index in [2.05, 4.69) is 49.4 Å². The number of nitrogens with zero attached hydrogens (tertiary/aromatic N) is 4. The Hall–Kier alpha value is -1.78. The quantitative estimate of drug-likeness (QED) is 0.869. The molecular formula is C14H23N5. The minimum Gasteiger partial charge on any atom is -0.378 e. The van der Waals surface area contributed by atoms with E-state index >= 15 is 0 Å². The lowest BCUT2D eigenvalue weighted by Crippen LogP contribution is -2.01. The van der Waals surface area contributed by atoms with Crippen molar-refractivity contribution in [1.82, 2.24) is 19.6 Å². The summed E-state index contributed by atoms with van der Waals surface area (Å²) in [6, 6.07) is 0.393. The molecule has 19 heavy (non-hydrogen) atoms. The van der Waals surface area contributed by atoms with Crippen molar-refractivity contribution >= 4 is 5.69 Å². The van der Waals surface area contributed by atoms with Crippen molar-refractivity contribution in [3.05, 3.63) is 29.8 Å². The van der Waals surface area contributed by atoms with Crippen LogP contribution in [0.3, 0.4) is 0 Å². The summed E-state index contributed by atoms with van der Waals surface area (Å²) in [7, 11) is 0. The molecule has 1 N–H and O–H groups in total. The van der Waals surface area contributed by atoms with Crippen LogP contribution in [0.2, 0.25) is 0 Å². The summed E-state index contributed by atoms with van der Waals surface area (Å²) < 4.78 is 3.97. The molecule has 0 aliphatic rings. The van der Waals surface area contributed by atoms with Crippen molar-refractivity contribution in [2.45, 2.75) is 53.2 Å². The van der Waals surface area contributed by atoms with E-state index in [1.807, 2.05) is 21.8 Å². The highest BCUT2D eigenvalue weighted by Crippen LogP contribution is 2.13. The highest BCUT2D eigenvalue weighted by Gasteiger charge is 2.06. The predicted octanol–water partition coefficient (Wildman–Crippen LogP) is 2.99. The summed E-state index contributed by atoms with van der Waals surface area (Å²) in [4.78, 5) is 0. The van der Waals surface area contributed by atoms with Gasteiger partial charge in [-0.05, 0) is 27.2 Å². The van der Waals surface area contributed by atoms with Crippen molar-refractivity contribution in [2.24, 2.45) is 0 Å². The average Bonchev–Trinajstić information content (AvgIpc) is 2.94. The van der Waals surface area contributed by atoms with Crippen LogP contribution in [0.1, 0.15) is 44.5 Å². The van der Waals surface area contributed by atoms with E-state index in [0.717, 1.165) is 30.9 Å². The van der Waals surface area contributed by atoms with Gasteiger partial charge in [-0.25, -0.2) is 0 Å². The Morgan fingerprint density at radius 1 is 1.32 bits per heavy atom. The van der Waals surface area contributed by atoms with Crippen molar-refractivity contribution in [2.75, 3.05) is 5.32 Å². The van der Waals surface area contributed by atoms with Gasteiger partial charge in [-0.3, -0.25) is 9.36 Å².